The molecule has 110 valence electrons. The summed E-state index contributed by atoms with van der Waals surface area (Å²) in [5, 5.41) is 0.936. The molecule has 4 heteroatoms. The number of ketones is 1. The maximum atomic E-state index is 12.4. The molecule has 0 aliphatic carbocycles. The monoisotopic (exact) mass is 313 g/mol. The molecule has 1 aliphatic rings. The highest BCUT2D eigenvalue weighted by molar-refractivity contribution is 6.42. The molecule has 1 aliphatic heterocycles. The Bertz CT molecular complexity index is 474. The lowest BCUT2D eigenvalue weighted by Gasteiger charge is -2.35. The molecule has 0 N–H and O–H groups in total. The Morgan fingerprint density at radius 3 is 2.80 bits per heavy atom. The van der Waals surface area contributed by atoms with Gasteiger partial charge in [0, 0.05) is 11.6 Å². The largest absolute Gasteiger partial charge is 0.293 e. The van der Waals surface area contributed by atoms with Gasteiger partial charge in [-0.15, -0.1) is 0 Å². The van der Waals surface area contributed by atoms with Gasteiger partial charge in [-0.2, -0.15) is 0 Å². The lowest BCUT2D eigenvalue weighted by Crippen LogP contribution is -2.42. The van der Waals surface area contributed by atoms with Crippen LogP contribution in [0.2, 0.25) is 10.0 Å². The maximum Gasteiger partial charge on any atom is 0.176 e. The van der Waals surface area contributed by atoms with E-state index in [1.807, 2.05) is 0 Å². The van der Waals surface area contributed by atoms with Crippen molar-refractivity contribution in [2.45, 2.75) is 45.1 Å². The summed E-state index contributed by atoms with van der Waals surface area (Å²) in [5.41, 5.74) is 0.653. The smallest absolute Gasteiger partial charge is 0.176 e. The van der Waals surface area contributed by atoms with Gasteiger partial charge in [-0.3, -0.25) is 9.69 Å². The Morgan fingerprint density at radius 1 is 1.30 bits per heavy atom. The standard InChI is InChI=1S/C16H21Cl2NO/c1-2-5-13-6-3-4-9-19(13)11-16(20)12-7-8-14(17)15(18)10-12/h7-8,10,13H,2-6,9,11H2,1H3. The van der Waals surface area contributed by atoms with Crippen LogP contribution < -0.4 is 0 Å². The lowest BCUT2D eigenvalue weighted by atomic mass is 9.97. The number of likely N-dealkylation sites (tertiary alicyclic amines) is 1. The molecule has 1 aromatic rings. The van der Waals surface area contributed by atoms with Crippen molar-refractivity contribution in [2.75, 3.05) is 13.1 Å². The summed E-state index contributed by atoms with van der Waals surface area (Å²) in [4.78, 5) is 14.7. The van der Waals surface area contributed by atoms with Gasteiger partial charge in [0.25, 0.3) is 0 Å². The average Bonchev–Trinajstić information content (AvgIpc) is 2.44. The number of piperidine rings is 1. The van der Waals surface area contributed by atoms with E-state index in [9.17, 15) is 4.79 Å². The summed E-state index contributed by atoms with van der Waals surface area (Å²) < 4.78 is 0. The number of halogens is 2. The van der Waals surface area contributed by atoms with Crippen LogP contribution in [0.15, 0.2) is 18.2 Å². The van der Waals surface area contributed by atoms with Gasteiger partial charge in [0.05, 0.1) is 16.6 Å². The van der Waals surface area contributed by atoms with Gasteiger partial charge in [0.15, 0.2) is 5.78 Å². The molecule has 1 atom stereocenters. The molecule has 0 spiro atoms. The second-order valence-electron chi connectivity index (χ2n) is 5.46. The van der Waals surface area contributed by atoms with Gasteiger partial charge in [-0.1, -0.05) is 43.0 Å². The van der Waals surface area contributed by atoms with Crippen molar-refractivity contribution in [2.24, 2.45) is 0 Å². The minimum atomic E-state index is 0.131. The normalized spacial score (nSPS) is 20.1. The van der Waals surface area contributed by atoms with Crippen LogP contribution in [0.1, 0.15) is 49.4 Å². The second-order valence-corrected chi connectivity index (χ2v) is 6.28. The molecular formula is C16H21Cl2NO. The third kappa shape index (κ3) is 3.97. The highest BCUT2D eigenvalue weighted by Gasteiger charge is 2.24. The van der Waals surface area contributed by atoms with E-state index in [4.69, 9.17) is 23.2 Å². The first-order valence-corrected chi connectivity index (χ1v) is 8.09. The molecule has 0 radical (unpaired) electrons. The number of nitrogens with zero attached hydrogens (tertiary/aromatic N) is 1. The van der Waals surface area contributed by atoms with E-state index in [0.29, 0.717) is 28.2 Å². The van der Waals surface area contributed by atoms with Gasteiger partial charge >= 0.3 is 0 Å². The number of carbonyl (C=O) groups excluding carboxylic acids is 1. The molecule has 1 fully saturated rings. The van der Waals surface area contributed by atoms with Crippen LogP contribution in [0.5, 0.6) is 0 Å². The summed E-state index contributed by atoms with van der Waals surface area (Å²) in [7, 11) is 0. The molecule has 2 nitrogen and oxygen atoms in total. The molecule has 20 heavy (non-hydrogen) atoms. The van der Waals surface area contributed by atoms with Gasteiger partial charge in [-0.25, -0.2) is 0 Å². The highest BCUT2D eigenvalue weighted by Crippen LogP contribution is 2.24. The summed E-state index contributed by atoms with van der Waals surface area (Å²) in [5.74, 6) is 0.131. The molecular weight excluding hydrogens is 293 g/mol. The quantitative estimate of drug-likeness (QED) is 0.726. The Hall–Kier alpha value is -0.570. The number of benzene rings is 1. The number of Topliss-reactive ketones (excluding diaryl/α,β-unsaturated/α-hetero) is 1. The molecule has 2 rings (SSSR count). The lowest BCUT2D eigenvalue weighted by molar-refractivity contribution is 0.0831. The van der Waals surface area contributed by atoms with E-state index in [1.165, 1.54) is 32.1 Å². The molecule has 1 aromatic carbocycles. The molecule has 1 unspecified atom stereocenters. The fraction of sp³-hybridized carbons (Fsp3) is 0.562. The third-order valence-electron chi connectivity index (χ3n) is 3.96. The molecule has 0 bridgehead atoms. The van der Waals surface area contributed by atoms with Crippen LogP contribution in [-0.4, -0.2) is 29.8 Å². The fourth-order valence-electron chi connectivity index (χ4n) is 2.87. The molecule has 0 amide bonds. The first-order chi connectivity index (χ1) is 9.61. The SMILES string of the molecule is CCCC1CCCCN1CC(=O)c1ccc(Cl)c(Cl)c1. The predicted molar refractivity (Wildman–Crippen MR) is 84.9 cm³/mol. The summed E-state index contributed by atoms with van der Waals surface area (Å²) in [6.45, 7) is 3.72. The van der Waals surface area contributed by atoms with E-state index in [2.05, 4.69) is 11.8 Å². The molecule has 0 aromatic heterocycles. The van der Waals surface area contributed by atoms with Crippen LogP contribution in [-0.2, 0) is 0 Å². The van der Waals surface area contributed by atoms with E-state index >= 15 is 0 Å². The first-order valence-electron chi connectivity index (χ1n) is 7.34. The van der Waals surface area contributed by atoms with Crippen LogP contribution in [0.3, 0.4) is 0 Å². The van der Waals surface area contributed by atoms with E-state index in [1.54, 1.807) is 18.2 Å². The molecule has 1 heterocycles. The topological polar surface area (TPSA) is 20.3 Å². The van der Waals surface area contributed by atoms with E-state index in [-0.39, 0.29) is 5.78 Å². The summed E-state index contributed by atoms with van der Waals surface area (Å²) >= 11 is 11.9. The van der Waals surface area contributed by atoms with Crippen molar-refractivity contribution in [1.82, 2.24) is 4.90 Å². The van der Waals surface area contributed by atoms with Gasteiger partial charge in [0.2, 0.25) is 0 Å². The maximum absolute atomic E-state index is 12.4. The summed E-state index contributed by atoms with van der Waals surface area (Å²) in [6.07, 6.45) is 6.02. The van der Waals surface area contributed by atoms with E-state index < -0.39 is 0 Å². The Morgan fingerprint density at radius 2 is 2.10 bits per heavy atom. The van der Waals surface area contributed by atoms with Crippen molar-refractivity contribution >= 4 is 29.0 Å². The molecule has 0 saturated carbocycles. The Kier molecular flexibility index (Phi) is 5.88. The minimum absolute atomic E-state index is 0.131. The number of hydrogen-bond acceptors (Lipinski definition) is 2. The number of rotatable bonds is 5. The van der Waals surface area contributed by atoms with Crippen molar-refractivity contribution < 1.29 is 4.79 Å². The van der Waals surface area contributed by atoms with Crippen LogP contribution >= 0.6 is 23.2 Å². The van der Waals surface area contributed by atoms with E-state index in [0.717, 1.165) is 6.54 Å². The number of carbonyl (C=O) groups is 1. The van der Waals surface area contributed by atoms with Gasteiger partial charge in [-0.05, 0) is 44.0 Å². The minimum Gasteiger partial charge on any atom is -0.293 e. The zero-order valence-electron chi connectivity index (χ0n) is 11.9. The van der Waals surface area contributed by atoms with Crippen LogP contribution in [0.25, 0.3) is 0 Å². The Labute approximate surface area is 131 Å². The van der Waals surface area contributed by atoms with Crippen LogP contribution in [0.4, 0.5) is 0 Å². The molecule has 1 saturated heterocycles. The van der Waals surface area contributed by atoms with Gasteiger partial charge in [0.1, 0.15) is 0 Å². The average molecular weight is 314 g/mol. The van der Waals surface area contributed by atoms with Crippen molar-refractivity contribution in [3.05, 3.63) is 33.8 Å². The fourth-order valence-corrected chi connectivity index (χ4v) is 3.17. The van der Waals surface area contributed by atoms with Crippen LogP contribution in [0, 0.1) is 0 Å². The second kappa shape index (κ2) is 7.44. The third-order valence-corrected chi connectivity index (χ3v) is 4.70. The Balaban J connectivity index is 2.03. The highest BCUT2D eigenvalue weighted by atomic mass is 35.5. The van der Waals surface area contributed by atoms with Crippen molar-refractivity contribution in [3.63, 3.8) is 0 Å². The zero-order valence-corrected chi connectivity index (χ0v) is 13.4. The predicted octanol–water partition coefficient (Wildman–Crippen LogP) is 4.83. The summed E-state index contributed by atoms with van der Waals surface area (Å²) in [6, 6.07) is 5.68. The first kappa shape index (κ1) is 15.8. The van der Waals surface area contributed by atoms with Gasteiger partial charge < -0.3 is 0 Å². The van der Waals surface area contributed by atoms with Crippen molar-refractivity contribution in [3.8, 4) is 0 Å². The zero-order chi connectivity index (χ0) is 14.5. The number of hydrogen-bond donors (Lipinski definition) is 0. The van der Waals surface area contributed by atoms with Crippen molar-refractivity contribution in [1.29, 1.82) is 0 Å².